The molecule has 1 aliphatic rings. The zero-order valence-electron chi connectivity index (χ0n) is 19.8. The molecule has 1 heterocycles. The van der Waals surface area contributed by atoms with Gasteiger partial charge in [-0.1, -0.05) is 53.4 Å². The number of unbranched alkanes of at least 4 members (excludes halogenated alkanes) is 4. The van der Waals surface area contributed by atoms with Crippen molar-refractivity contribution in [1.82, 2.24) is 0 Å². The third-order valence-electron chi connectivity index (χ3n) is 5.19. The number of hydrogen-bond acceptors (Lipinski definition) is 6. The van der Waals surface area contributed by atoms with Gasteiger partial charge in [0.2, 0.25) is 0 Å². The fourth-order valence-electron chi connectivity index (χ4n) is 3.33. The molecule has 178 valence electrons. The Morgan fingerprint density at radius 2 is 1.30 bits per heavy atom. The van der Waals surface area contributed by atoms with E-state index in [1.54, 1.807) is 6.08 Å². The quantitative estimate of drug-likeness (QED) is 0.320. The highest BCUT2D eigenvalue weighted by Crippen LogP contribution is 2.31. The monoisotopic (exact) mass is 430 g/mol. The van der Waals surface area contributed by atoms with E-state index in [1.807, 2.05) is 0 Å². The first-order chi connectivity index (χ1) is 14.7. The SMILES string of the molecule is CCCCOC[C@H]1O/C(=C/CO)[C@@H](OCCCC)[C@@H](OCCCC)[C@@H]1OCCCC. The smallest absolute Gasteiger partial charge is 0.150 e. The van der Waals surface area contributed by atoms with Crippen LogP contribution in [0.2, 0.25) is 0 Å². The summed E-state index contributed by atoms with van der Waals surface area (Å²) in [5.41, 5.74) is 0. The molecule has 0 bridgehead atoms. The minimum atomic E-state index is -0.376. The summed E-state index contributed by atoms with van der Waals surface area (Å²) >= 11 is 0. The number of aliphatic hydroxyl groups excluding tert-OH is 1. The Bertz CT molecular complexity index is 428. The van der Waals surface area contributed by atoms with Gasteiger partial charge in [-0.15, -0.1) is 0 Å². The molecular weight excluding hydrogens is 384 g/mol. The largest absolute Gasteiger partial charge is 0.487 e. The molecule has 6 heteroatoms. The van der Waals surface area contributed by atoms with Gasteiger partial charge in [0.1, 0.15) is 24.1 Å². The molecule has 0 aliphatic carbocycles. The lowest BCUT2D eigenvalue weighted by Gasteiger charge is -2.43. The zero-order valence-corrected chi connectivity index (χ0v) is 19.8. The average Bonchev–Trinajstić information content (AvgIpc) is 2.75. The second-order valence-corrected chi connectivity index (χ2v) is 7.90. The predicted molar refractivity (Wildman–Crippen MR) is 120 cm³/mol. The van der Waals surface area contributed by atoms with Crippen molar-refractivity contribution in [3.05, 3.63) is 11.8 Å². The molecule has 1 saturated heterocycles. The van der Waals surface area contributed by atoms with Gasteiger partial charge in [-0.25, -0.2) is 0 Å². The number of hydrogen-bond donors (Lipinski definition) is 1. The Kier molecular flexibility index (Phi) is 16.4. The van der Waals surface area contributed by atoms with Crippen LogP contribution in [0, 0.1) is 0 Å². The molecule has 1 fully saturated rings. The molecule has 0 aromatic heterocycles. The Morgan fingerprint density at radius 3 is 1.87 bits per heavy atom. The summed E-state index contributed by atoms with van der Waals surface area (Å²) in [7, 11) is 0. The predicted octanol–water partition coefficient (Wildman–Crippen LogP) is 4.63. The first kappa shape index (κ1) is 27.4. The standard InChI is InChI=1S/C24H46O6/c1-5-9-15-26-19-21-23(28-17-11-7-3)24(29-18-12-8-4)22(27-16-10-6-2)20(30-21)13-14-25/h13,21-25H,5-12,14-19H2,1-4H3/b20-13+/t21-,22-,23-,24-/m1/s1. The number of ether oxygens (including phenoxy) is 5. The molecule has 0 unspecified atom stereocenters. The third-order valence-corrected chi connectivity index (χ3v) is 5.19. The van der Waals surface area contributed by atoms with E-state index in [2.05, 4.69) is 27.7 Å². The third kappa shape index (κ3) is 10.1. The molecule has 0 aromatic rings. The van der Waals surface area contributed by atoms with E-state index in [0.29, 0.717) is 38.8 Å². The maximum atomic E-state index is 9.56. The zero-order chi connectivity index (χ0) is 22.0. The van der Waals surface area contributed by atoms with Gasteiger partial charge in [0.05, 0.1) is 13.2 Å². The van der Waals surface area contributed by atoms with Crippen LogP contribution < -0.4 is 0 Å². The molecule has 4 atom stereocenters. The van der Waals surface area contributed by atoms with E-state index in [1.165, 1.54) is 0 Å². The summed E-state index contributed by atoms with van der Waals surface area (Å²) in [6, 6.07) is 0. The molecule has 0 spiro atoms. The fraction of sp³-hybridized carbons (Fsp3) is 0.917. The first-order valence-corrected chi connectivity index (χ1v) is 12.1. The van der Waals surface area contributed by atoms with Crippen LogP contribution >= 0.6 is 0 Å². The Balaban J connectivity index is 3.03. The topological polar surface area (TPSA) is 66.4 Å². The van der Waals surface area contributed by atoms with Crippen molar-refractivity contribution >= 4 is 0 Å². The van der Waals surface area contributed by atoms with E-state index in [-0.39, 0.29) is 31.0 Å². The van der Waals surface area contributed by atoms with Crippen LogP contribution in [-0.4, -0.2) is 69.2 Å². The Labute approximate surface area is 184 Å². The van der Waals surface area contributed by atoms with Crippen LogP contribution in [0.25, 0.3) is 0 Å². The number of aliphatic hydroxyl groups is 1. The molecule has 1 rings (SSSR count). The van der Waals surface area contributed by atoms with Crippen LogP contribution in [0.15, 0.2) is 11.8 Å². The highest BCUT2D eigenvalue weighted by atomic mass is 16.6. The van der Waals surface area contributed by atoms with Crippen LogP contribution in [0.3, 0.4) is 0 Å². The molecule has 0 aromatic carbocycles. The highest BCUT2D eigenvalue weighted by molar-refractivity contribution is 5.11. The van der Waals surface area contributed by atoms with Gasteiger partial charge < -0.3 is 28.8 Å². The van der Waals surface area contributed by atoms with E-state index in [4.69, 9.17) is 23.7 Å². The summed E-state index contributed by atoms with van der Waals surface area (Å²) < 4.78 is 31.0. The van der Waals surface area contributed by atoms with Gasteiger partial charge in [-0.2, -0.15) is 0 Å². The van der Waals surface area contributed by atoms with E-state index in [9.17, 15) is 5.11 Å². The van der Waals surface area contributed by atoms with Crippen molar-refractivity contribution in [2.45, 2.75) is 103 Å². The Morgan fingerprint density at radius 1 is 0.767 bits per heavy atom. The number of rotatable bonds is 18. The molecule has 30 heavy (non-hydrogen) atoms. The maximum Gasteiger partial charge on any atom is 0.150 e. The minimum absolute atomic E-state index is 0.102. The molecule has 6 nitrogen and oxygen atoms in total. The summed E-state index contributed by atoms with van der Waals surface area (Å²) in [6.45, 7) is 11.6. The van der Waals surface area contributed by atoms with Crippen molar-refractivity contribution in [3.8, 4) is 0 Å². The lowest BCUT2D eigenvalue weighted by Crippen LogP contribution is -2.56. The van der Waals surface area contributed by atoms with Crippen molar-refractivity contribution in [2.75, 3.05) is 39.6 Å². The maximum absolute atomic E-state index is 9.56. The van der Waals surface area contributed by atoms with Crippen LogP contribution in [0.5, 0.6) is 0 Å². The molecule has 0 saturated carbocycles. The summed E-state index contributed by atoms with van der Waals surface area (Å²) in [5.74, 6) is 0.634. The van der Waals surface area contributed by atoms with Crippen molar-refractivity contribution in [1.29, 1.82) is 0 Å². The first-order valence-electron chi connectivity index (χ1n) is 12.1. The van der Waals surface area contributed by atoms with Gasteiger partial charge in [-0.05, 0) is 31.8 Å². The van der Waals surface area contributed by atoms with Gasteiger partial charge in [0.25, 0.3) is 0 Å². The average molecular weight is 431 g/mol. The van der Waals surface area contributed by atoms with Gasteiger partial charge >= 0.3 is 0 Å². The van der Waals surface area contributed by atoms with Crippen molar-refractivity contribution < 1.29 is 28.8 Å². The normalized spacial score (nSPS) is 25.6. The minimum Gasteiger partial charge on any atom is -0.487 e. The lowest BCUT2D eigenvalue weighted by molar-refractivity contribution is -0.215. The van der Waals surface area contributed by atoms with E-state index in [0.717, 1.165) is 51.4 Å². The van der Waals surface area contributed by atoms with Gasteiger partial charge in [-0.3, -0.25) is 0 Å². The Hall–Kier alpha value is -0.660. The van der Waals surface area contributed by atoms with Crippen LogP contribution in [0.4, 0.5) is 0 Å². The second-order valence-electron chi connectivity index (χ2n) is 7.90. The van der Waals surface area contributed by atoms with E-state index >= 15 is 0 Å². The second kappa shape index (κ2) is 18.0. The molecular formula is C24H46O6. The van der Waals surface area contributed by atoms with Crippen LogP contribution in [-0.2, 0) is 23.7 Å². The molecule has 0 radical (unpaired) electrons. The fourth-order valence-corrected chi connectivity index (χ4v) is 3.33. The van der Waals surface area contributed by atoms with E-state index < -0.39 is 0 Å². The summed E-state index contributed by atoms with van der Waals surface area (Å²) in [4.78, 5) is 0. The van der Waals surface area contributed by atoms with Crippen molar-refractivity contribution in [2.24, 2.45) is 0 Å². The highest BCUT2D eigenvalue weighted by Gasteiger charge is 2.46. The van der Waals surface area contributed by atoms with Crippen LogP contribution in [0.1, 0.15) is 79.1 Å². The van der Waals surface area contributed by atoms with Gasteiger partial charge in [0.15, 0.2) is 6.10 Å². The molecule has 1 N–H and O–H groups in total. The molecule has 0 amide bonds. The van der Waals surface area contributed by atoms with Crippen molar-refractivity contribution in [3.63, 3.8) is 0 Å². The molecule has 1 aliphatic heterocycles. The van der Waals surface area contributed by atoms with Gasteiger partial charge in [0, 0.05) is 26.4 Å². The summed E-state index contributed by atoms with van der Waals surface area (Å²) in [6.07, 6.45) is 8.72. The lowest BCUT2D eigenvalue weighted by atomic mass is 9.96. The summed E-state index contributed by atoms with van der Waals surface area (Å²) in [5, 5.41) is 9.56.